The fraction of sp³-hybridized carbons (Fsp3) is 0.643. The highest BCUT2D eigenvalue weighted by atomic mass is 32.2. The van der Waals surface area contributed by atoms with Crippen LogP contribution >= 0.6 is 11.8 Å². The molecule has 1 saturated carbocycles. The Morgan fingerprint density at radius 3 is 2.77 bits per heavy atom. The van der Waals surface area contributed by atoms with Crippen molar-refractivity contribution in [3.05, 3.63) is 42.5 Å². The maximum Gasteiger partial charge on any atom is 0.305 e. The molecule has 192 valence electrons. The van der Waals surface area contributed by atoms with Crippen LogP contribution in [-0.4, -0.2) is 55.0 Å². The van der Waals surface area contributed by atoms with E-state index in [1.165, 1.54) is 7.11 Å². The number of ether oxygens (including phenoxy) is 4. The van der Waals surface area contributed by atoms with E-state index < -0.39 is 0 Å². The Morgan fingerprint density at radius 2 is 2.00 bits per heavy atom. The van der Waals surface area contributed by atoms with E-state index >= 15 is 0 Å². The van der Waals surface area contributed by atoms with Crippen LogP contribution in [0.15, 0.2) is 42.5 Å². The van der Waals surface area contributed by atoms with Gasteiger partial charge in [0, 0.05) is 29.4 Å². The van der Waals surface area contributed by atoms with Gasteiger partial charge in [-0.1, -0.05) is 24.3 Å². The van der Waals surface area contributed by atoms with Crippen LogP contribution in [0.4, 0.5) is 0 Å². The minimum atomic E-state index is -0.136. The molecule has 0 N–H and O–H groups in total. The Morgan fingerprint density at radius 1 is 1.14 bits per heavy atom. The van der Waals surface area contributed by atoms with Gasteiger partial charge in [0.05, 0.1) is 13.2 Å². The molecule has 3 aliphatic rings. The maximum absolute atomic E-state index is 12.6. The van der Waals surface area contributed by atoms with Crippen molar-refractivity contribution in [3.8, 4) is 5.75 Å². The third-order valence-corrected chi connectivity index (χ3v) is 9.03. The summed E-state index contributed by atoms with van der Waals surface area (Å²) >= 11 is 2.06. The molecular weight excluding hydrogens is 464 g/mol. The molecule has 6 nitrogen and oxygen atoms in total. The van der Waals surface area contributed by atoms with Crippen LogP contribution in [0.25, 0.3) is 0 Å². The predicted octanol–water partition coefficient (Wildman–Crippen LogP) is 5.35. The Balaban J connectivity index is 1.35. The highest BCUT2D eigenvalue weighted by Gasteiger charge is 2.46. The Hall–Kier alpha value is -1.83. The Labute approximate surface area is 213 Å². The number of thioether (sulfide) groups is 1. The average Bonchev–Trinajstić information content (AvgIpc) is 3.23. The first-order valence-electron chi connectivity index (χ1n) is 13.0. The molecule has 7 heteroatoms. The van der Waals surface area contributed by atoms with Gasteiger partial charge in [0.2, 0.25) is 0 Å². The second kappa shape index (κ2) is 13.5. The SMILES string of the molecule is COC(=O)CCC[C@H]1CC[C@@H]2[C@@H](C=CC(=O)COc3ccccc3)[C@H](OC3CCCCO3)C[C@@H]2S1. The predicted molar refractivity (Wildman–Crippen MR) is 136 cm³/mol. The number of fused-ring (bicyclic) bond motifs is 1. The van der Waals surface area contributed by atoms with Gasteiger partial charge in [0.15, 0.2) is 18.7 Å². The van der Waals surface area contributed by atoms with Crippen LogP contribution < -0.4 is 4.74 Å². The summed E-state index contributed by atoms with van der Waals surface area (Å²) in [7, 11) is 1.45. The number of benzene rings is 1. The zero-order valence-corrected chi connectivity index (χ0v) is 21.5. The number of para-hydroxylation sites is 1. The molecule has 0 amide bonds. The van der Waals surface area contributed by atoms with Crippen LogP contribution in [0.2, 0.25) is 0 Å². The van der Waals surface area contributed by atoms with E-state index in [1.807, 2.05) is 30.3 Å². The normalized spacial score (nSPS) is 30.7. The van der Waals surface area contributed by atoms with Crippen molar-refractivity contribution in [1.82, 2.24) is 0 Å². The van der Waals surface area contributed by atoms with Crippen molar-refractivity contribution in [2.75, 3.05) is 20.3 Å². The van der Waals surface area contributed by atoms with Gasteiger partial charge in [-0.05, 0) is 75.5 Å². The van der Waals surface area contributed by atoms with Crippen molar-refractivity contribution in [1.29, 1.82) is 0 Å². The van der Waals surface area contributed by atoms with E-state index in [0.29, 0.717) is 28.6 Å². The highest BCUT2D eigenvalue weighted by Crippen LogP contribution is 2.51. The van der Waals surface area contributed by atoms with Crippen molar-refractivity contribution in [2.45, 2.75) is 80.7 Å². The number of carbonyl (C=O) groups is 2. The Kier molecular flexibility index (Phi) is 10.1. The monoisotopic (exact) mass is 502 g/mol. The molecule has 1 aromatic carbocycles. The summed E-state index contributed by atoms with van der Waals surface area (Å²) in [6.45, 7) is 0.798. The van der Waals surface area contributed by atoms with Gasteiger partial charge in [-0.2, -0.15) is 11.8 Å². The zero-order valence-electron chi connectivity index (χ0n) is 20.6. The van der Waals surface area contributed by atoms with Crippen LogP contribution in [0.3, 0.4) is 0 Å². The molecule has 6 atom stereocenters. The van der Waals surface area contributed by atoms with Gasteiger partial charge >= 0.3 is 5.97 Å². The molecule has 2 aliphatic heterocycles. The van der Waals surface area contributed by atoms with Gasteiger partial charge < -0.3 is 18.9 Å². The van der Waals surface area contributed by atoms with E-state index in [9.17, 15) is 9.59 Å². The molecule has 0 spiro atoms. The summed E-state index contributed by atoms with van der Waals surface area (Å²) in [5.41, 5.74) is 0. The average molecular weight is 503 g/mol. The van der Waals surface area contributed by atoms with Gasteiger partial charge in [-0.15, -0.1) is 0 Å². The zero-order chi connectivity index (χ0) is 24.5. The Bertz CT molecular complexity index is 837. The molecular formula is C28H38O6S. The number of ketones is 1. The number of carbonyl (C=O) groups excluding carboxylic acids is 2. The molecule has 0 bridgehead atoms. The molecule has 0 aromatic heterocycles. The lowest BCUT2D eigenvalue weighted by atomic mass is 9.88. The molecule has 1 aromatic rings. The molecule has 3 fully saturated rings. The first kappa shape index (κ1) is 26.2. The molecule has 1 unspecified atom stereocenters. The van der Waals surface area contributed by atoms with Crippen molar-refractivity contribution in [3.63, 3.8) is 0 Å². The third kappa shape index (κ3) is 7.83. The van der Waals surface area contributed by atoms with E-state index in [1.54, 1.807) is 6.08 Å². The second-order valence-corrected chi connectivity index (χ2v) is 11.3. The molecule has 35 heavy (non-hydrogen) atoms. The number of hydrogen-bond donors (Lipinski definition) is 0. The standard InChI is InChI=1S/C28H38O6S/c1-31-27(30)11-7-10-22-14-16-24-23(15-13-20(29)19-33-21-8-3-2-4-9-21)25(18-26(24)35-22)34-28-12-5-6-17-32-28/h2-4,8-9,13,15,22-26,28H,5-7,10-12,14,16-19H2,1H3/t22-,23+,24+,25+,26-,28?/m0/s1. The van der Waals surface area contributed by atoms with Crippen molar-refractivity contribution >= 4 is 23.5 Å². The number of esters is 1. The van der Waals surface area contributed by atoms with E-state index in [-0.39, 0.29) is 36.7 Å². The summed E-state index contributed by atoms with van der Waals surface area (Å²) in [5.74, 6) is 1.23. The topological polar surface area (TPSA) is 71.1 Å². The van der Waals surface area contributed by atoms with E-state index in [0.717, 1.165) is 58.0 Å². The quantitative estimate of drug-likeness (QED) is 0.298. The van der Waals surface area contributed by atoms with Crippen molar-refractivity contribution < 1.29 is 28.5 Å². The smallest absolute Gasteiger partial charge is 0.305 e. The minimum absolute atomic E-state index is 0.0332. The first-order chi connectivity index (χ1) is 17.1. The van der Waals surface area contributed by atoms with Crippen molar-refractivity contribution in [2.24, 2.45) is 11.8 Å². The van der Waals surface area contributed by atoms with E-state index in [2.05, 4.69) is 17.8 Å². The number of rotatable bonds is 11. The van der Waals surface area contributed by atoms with Gasteiger partial charge in [-0.25, -0.2) is 0 Å². The summed E-state index contributed by atoms with van der Waals surface area (Å²) in [4.78, 5) is 24.0. The van der Waals surface area contributed by atoms with Gasteiger partial charge in [-0.3, -0.25) is 9.59 Å². The van der Waals surface area contributed by atoms with Crippen LogP contribution in [0, 0.1) is 11.8 Å². The largest absolute Gasteiger partial charge is 0.485 e. The molecule has 4 rings (SSSR count). The summed E-state index contributed by atoms with van der Waals surface area (Å²) < 4.78 is 22.8. The fourth-order valence-corrected chi connectivity index (χ4v) is 7.35. The summed E-state index contributed by atoms with van der Waals surface area (Å²) in [5, 5.41) is 1.07. The summed E-state index contributed by atoms with van der Waals surface area (Å²) in [6, 6.07) is 9.42. The highest BCUT2D eigenvalue weighted by molar-refractivity contribution is 8.00. The molecule has 1 aliphatic carbocycles. The third-order valence-electron chi connectivity index (χ3n) is 7.28. The second-order valence-electron chi connectivity index (χ2n) is 9.72. The molecule has 2 heterocycles. The lowest BCUT2D eigenvalue weighted by Gasteiger charge is -2.33. The lowest BCUT2D eigenvalue weighted by molar-refractivity contribution is -0.192. The number of hydrogen-bond acceptors (Lipinski definition) is 7. The van der Waals surface area contributed by atoms with Crippen LogP contribution in [-0.2, 0) is 23.8 Å². The van der Waals surface area contributed by atoms with E-state index in [4.69, 9.17) is 18.9 Å². The maximum atomic E-state index is 12.6. The number of methoxy groups -OCH3 is 1. The minimum Gasteiger partial charge on any atom is -0.485 e. The molecule has 2 saturated heterocycles. The van der Waals surface area contributed by atoms with Gasteiger partial charge in [0.25, 0.3) is 0 Å². The molecule has 0 radical (unpaired) electrons. The summed E-state index contributed by atoms with van der Waals surface area (Å²) in [6.07, 6.45) is 12.5. The van der Waals surface area contributed by atoms with Crippen LogP contribution in [0.5, 0.6) is 5.75 Å². The fourth-order valence-electron chi connectivity index (χ4n) is 5.47. The van der Waals surface area contributed by atoms with Crippen LogP contribution in [0.1, 0.15) is 57.8 Å². The lowest BCUT2D eigenvalue weighted by Crippen LogP contribution is -2.31. The van der Waals surface area contributed by atoms with Gasteiger partial charge in [0.1, 0.15) is 5.75 Å². The first-order valence-corrected chi connectivity index (χ1v) is 13.9.